The minimum atomic E-state index is -1.02. The van der Waals surface area contributed by atoms with Gasteiger partial charge in [0.05, 0.1) is 18.4 Å². The Kier molecular flexibility index (Phi) is 7.38. The van der Waals surface area contributed by atoms with Gasteiger partial charge in [0, 0.05) is 23.2 Å². The van der Waals surface area contributed by atoms with Crippen molar-refractivity contribution >= 4 is 0 Å². The van der Waals surface area contributed by atoms with Gasteiger partial charge in [0.1, 0.15) is 5.75 Å². The number of fused-ring (bicyclic) bond motifs is 1. The summed E-state index contributed by atoms with van der Waals surface area (Å²) in [6.45, 7) is 7.94. The third-order valence-electron chi connectivity index (χ3n) is 5.91. The lowest BCUT2D eigenvalue weighted by molar-refractivity contribution is 0.0257. The molecule has 0 amide bonds. The maximum Gasteiger partial charge on any atom is 0.118 e. The molecule has 156 valence electrons. The summed E-state index contributed by atoms with van der Waals surface area (Å²) in [5.41, 5.74) is 4.03. The van der Waals surface area contributed by atoms with Gasteiger partial charge in [0.15, 0.2) is 0 Å². The fourth-order valence-electron chi connectivity index (χ4n) is 4.78. The highest BCUT2D eigenvalue weighted by Crippen LogP contribution is 2.51. The quantitative estimate of drug-likeness (QED) is 0.706. The van der Waals surface area contributed by atoms with Gasteiger partial charge in [-0.3, -0.25) is 0 Å². The Hall–Kier alpha value is -3.14. The number of benzene rings is 1. The Morgan fingerprint density at radius 1 is 1.17 bits per heavy atom. The first-order chi connectivity index (χ1) is 14.4. The van der Waals surface area contributed by atoms with E-state index in [1.807, 2.05) is 63.3 Å². The van der Waals surface area contributed by atoms with Gasteiger partial charge in [-0.25, -0.2) is 0 Å². The molecule has 2 aliphatic rings. The summed E-state index contributed by atoms with van der Waals surface area (Å²) in [6.07, 6.45) is 22.8. The van der Waals surface area contributed by atoms with Gasteiger partial charge >= 0.3 is 0 Å². The van der Waals surface area contributed by atoms with Gasteiger partial charge in [-0.2, -0.15) is 0 Å². The predicted octanol–water partition coefficient (Wildman–Crippen LogP) is 5.18. The van der Waals surface area contributed by atoms with Gasteiger partial charge < -0.3 is 14.7 Å². The van der Waals surface area contributed by atoms with Crippen LogP contribution in [0.25, 0.3) is 0 Å². The first-order valence-corrected chi connectivity index (χ1v) is 10.1. The van der Waals surface area contributed by atoms with Crippen molar-refractivity contribution in [2.45, 2.75) is 51.7 Å². The molecular formula is C27H31NO2. The van der Waals surface area contributed by atoms with E-state index in [9.17, 15) is 5.11 Å². The highest BCUT2D eigenvalue weighted by Gasteiger charge is 2.51. The molecule has 0 aromatic heterocycles. The Morgan fingerprint density at radius 3 is 2.27 bits per heavy atom. The smallest absolute Gasteiger partial charge is 0.118 e. The maximum atomic E-state index is 11.7. The van der Waals surface area contributed by atoms with Crippen molar-refractivity contribution in [3.63, 3.8) is 0 Å². The van der Waals surface area contributed by atoms with Crippen LogP contribution in [0.5, 0.6) is 5.75 Å². The summed E-state index contributed by atoms with van der Waals surface area (Å²) in [7, 11) is 1.66. The lowest BCUT2D eigenvalue weighted by Crippen LogP contribution is -2.51. The summed E-state index contributed by atoms with van der Waals surface area (Å²) in [4.78, 5) is 2.25. The fourth-order valence-corrected chi connectivity index (χ4v) is 4.78. The molecule has 3 nitrogen and oxygen atoms in total. The van der Waals surface area contributed by atoms with E-state index in [0.29, 0.717) is 0 Å². The largest absolute Gasteiger partial charge is 0.497 e. The topological polar surface area (TPSA) is 32.7 Å². The van der Waals surface area contributed by atoms with Crippen LogP contribution >= 0.6 is 0 Å². The van der Waals surface area contributed by atoms with Crippen molar-refractivity contribution in [2.24, 2.45) is 0 Å². The molecule has 1 N–H and O–H groups in total. The summed E-state index contributed by atoms with van der Waals surface area (Å²) in [5, 5.41) is 11.7. The number of aliphatic hydroxyl groups is 1. The lowest BCUT2D eigenvalue weighted by Gasteiger charge is -2.48. The number of hydrogen-bond donors (Lipinski definition) is 1. The van der Waals surface area contributed by atoms with Crippen LogP contribution in [0.3, 0.4) is 0 Å². The standard InChI is InChI=1S/C25H29NO2.C2H2/c1-7-10-19-16-23-24(18-12-14-20(28-6)15-13-18)25(5,27)21(11-8-2)17(4)26(23)22(19)9-3;1-2/h3,7-8,10-15,23-24,27H,16H2,1-2,4-6H3;1-2H/b10-7-,11-8-;. The van der Waals surface area contributed by atoms with E-state index in [1.54, 1.807) is 7.11 Å². The number of ether oxygens (including phenoxy) is 1. The van der Waals surface area contributed by atoms with Crippen molar-refractivity contribution in [3.8, 4) is 30.9 Å². The zero-order valence-corrected chi connectivity index (χ0v) is 18.5. The van der Waals surface area contributed by atoms with Crippen LogP contribution in [0.1, 0.15) is 45.6 Å². The normalized spacial score (nSPS) is 25.9. The van der Waals surface area contributed by atoms with E-state index in [4.69, 9.17) is 11.2 Å². The molecule has 0 fully saturated rings. The van der Waals surface area contributed by atoms with Gasteiger partial charge in [-0.1, -0.05) is 42.4 Å². The average Bonchev–Trinajstić information content (AvgIpc) is 3.11. The van der Waals surface area contributed by atoms with Crippen LogP contribution in [-0.4, -0.2) is 28.8 Å². The SMILES string of the molecule is C#C.C#CC1=C(/C=C\C)CC2C(c3ccc(OC)cc3)C(C)(O)C(/C=C\C)=C(C)N12. The van der Waals surface area contributed by atoms with E-state index >= 15 is 0 Å². The second kappa shape index (κ2) is 9.57. The molecule has 0 bridgehead atoms. The van der Waals surface area contributed by atoms with Crippen LogP contribution in [0.15, 0.2) is 71.1 Å². The second-order valence-corrected chi connectivity index (χ2v) is 7.56. The van der Waals surface area contributed by atoms with Gasteiger partial charge in [0.25, 0.3) is 0 Å². The molecule has 0 spiro atoms. The van der Waals surface area contributed by atoms with Crippen molar-refractivity contribution in [2.75, 3.05) is 7.11 Å². The predicted molar refractivity (Wildman–Crippen MR) is 125 cm³/mol. The molecule has 3 heteroatoms. The van der Waals surface area contributed by atoms with Crippen LogP contribution in [-0.2, 0) is 0 Å². The zero-order chi connectivity index (χ0) is 22.5. The average molecular weight is 402 g/mol. The molecule has 1 aromatic carbocycles. The van der Waals surface area contributed by atoms with Crippen molar-refractivity contribution in [1.82, 2.24) is 4.90 Å². The first kappa shape index (κ1) is 23.1. The van der Waals surface area contributed by atoms with Crippen molar-refractivity contribution in [1.29, 1.82) is 0 Å². The molecular weight excluding hydrogens is 370 g/mol. The lowest BCUT2D eigenvalue weighted by atomic mass is 9.70. The number of methoxy groups -OCH3 is 1. The van der Waals surface area contributed by atoms with E-state index in [-0.39, 0.29) is 12.0 Å². The molecule has 0 saturated heterocycles. The molecule has 2 heterocycles. The van der Waals surface area contributed by atoms with Crippen LogP contribution in [0.4, 0.5) is 0 Å². The maximum absolute atomic E-state index is 11.7. The number of hydrogen-bond acceptors (Lipinski definition) is 3. The van der Waals surface area contributed by atoms with Crippen LogP contribution < -0.4 is 4.74 Å². The number of allylic oxidation sites excluding steroid dienone is 5. The van der Waals surface area contributed by atoms with Crippen LogP contribution in [0.2, 0.25) is 0 Å². The monoisotopic (exact) mass is 401 g/mol. The van der Waals surface area contributed by atoms with E-state index in [0.717, 1.165) is 40.3 Å². The summed E-state index contributed by atoms with van der Waals surface area (Å²) < 4.78 is 5.32. The minimum Gasteiger partial charge on any atom is -0.497 e. The van der Waals surface area contributed by atoms with Gasteiger partial charge in [-0.15, -0.1) is 19.3 Å². The third-order valence-corrected chi connectivity index (χ3v) is 5.91. The zero-order valence-electron chi connectivity index (χ0n) is 18.5. The third kappa shape index (κ3) is 3.82. The van der Waals surface area contributed by atoms with Crippen LogP contribution in [0, 0.1) is 25.2 Å². The second-order valence-electron chi connectivity index (χ2n) is 7.56. The molecule has 0 aliphatic carbocycles. The van der Waals surface area contributed by atoms with E-state index < -0.39 is 5.60 Å². The van der Waals surface area contributed by atoms with Gasteiger partial charge in [0.2, 0.25) is 0 Å². The highest BCUT2D eigenvalue weighted by atomic mass is 16.5. The molecule has 3 atom stereocenters. The minimum absolute atomic E-state index is 0.0645. The summed E-state index contributed by atoms with van der Waals surface area (Å²) >= 11 is 0. The number of terminal acetylenes is 2. The highest BCUT2D eigenvalue weighted by molar-refractivity contribution is 5.52. The Bertz CT molecular complexity index is 949. The number of rotatable bonds is 4. The van der Waals surface area contributed by atoms with Gasteiger partial charge in [-0.05, 0) is 57.4 Å². The molecule has 3 unspecified atom stereocenters. The fraction of sp³-hybridized carbons (Fsp3) is 0.333. The summed E-state index contributed by atoms with van der Waals surface area (Å²) in [6, 6.07) is 8.07. The number of nitrogens with zero attached hydrogens (tertiary/aromatic N) is 1. The summed E-state index contributed by atoms with van der Waals surface area (Å²) in [5.74, 6) is 3.58. The first-order valence-electron chi connectivity index (χ1n) is 10.1. The molecule has 1 aromatic rings. The Balaban J connectivity index is 0.00000155. The molecule has 0 radical (unpaired) electrons. The Labute approximate surface area is 181 Å². The molecule has 30 heavy (non-hydrogen) atoms. The van der Waals surface area contributed by atoms with E-state index in [2.05, 4.69) is 36.7 Å². The van der Waals surface area contributed by atoms with Crippen molar-refractivity contribution in [3.05, 3.63) is 76.7 Å². The van der Waals surface area contributed by atoms with E-state index in [1.165, 1.54) is 0 Å². The molecule has 2 aliphatic heterocycles. The van der Waals surface area contributed by atoms with Crippen molar-refractivity contribution < 1.29 is 9.84 Å². The Morgan fingerprint density at radius 2 is 1.77 bits per heavy atom. The molecule has 3 rings (SSSR count). The molecule has 0 saturated carbocycles.